The maximum absolute atomic E-state index is 12.3. The Kier molecular flexibility index (Phi) is 4.44. The Morgan fingerprint density at radius 1 is 1.11 bits per heavy atom. The molecule has 0 bridgehead atoms. The molecule has 1 aromatic carbocycles. The lowest BCUT2D eigenvalue weighted by molar-refractivity contribution is -0.116. The molecule has 3 aromatic heterocycles. The summed E-state index contributed by atoms with van der Waals surface area (Å²) in [4.78, 5) is 35.6. The lowest BCUT2D eigenvalue weighted by atomic mass is 10.2. The van der Waals surface area contributed by atoms with Gasteiger partial charge >= 0.3 is 0 Å². The number of aromatic amines is 1. The third-order valence-electron chi connectivity index (χ3n) is 4.04. The number of hydrogen-bond acceptors (Lipinski definition) is 5. The van der Waals surface area contributed by atoms with Crippen LogP contribution in [-0.2, 0) is 11.2 Å². The number of aromatic nitrogens is 5. The van der Waals surface area contributed by atoms with Crippen molar-refractivity contribution in [2.45, 2.75) is 12.8 Å². The Balaban J connectivity index is 1.56. The van der Waals surface area contributed by atoms with Crippen LogP contribution >= 0.6 is 0 Å². The number of nitrogens with one attached hydrogen (secondary N) is 2. The van der Waals surface area contributed by atoms with Gasteiger partial charge in [-0.2, -0.15) is 5.10 Å². The second-order valence-electron chi connectivity index (χ2n) is 5.93. The summed E-state index contributed by atoms with van der Waals surface area (Å²) in [6, 6.07) is 12.9. The van der Waals surface area contributed by atoms with Gasteiger partial charge < -0.3 is 10.3 Å². The second-order valence-corrected chi connectivity index (χ2v) is 5.93. The molecule has 3 heterocycles. The van der Waals surface area contributed by atoms with Crippen molar-refractivity contribution >= 4 is 22.6 Å². The van der Waals surface area contributed by atoms with Crippen LogP contribution in [0, 0.1) is 0 Å². The van der Waals surface area contributed by atoms with Crippen LogP contribution in [0.4, 0.5) is 5.69 Å². The van der Waals surface area contributed by atoms with Crippen molar-refractivity contribution in [2.75, 3.05) is 5.32 Å². The number of nitrogens with zero attached hydrogens (tertiary/aromatic N) is 4. The second kappa shape index (κ2) is 7.20. The van der Waals surface area contributed by atoms with Gasteiger partial charge in [-0.25, -0.2) is 9.67 Å². The van der Waals surface area contributed by atoms with Crippen LogP contribution in [0.2, 0.25) is 0 Å². The van der Waals surface area contributed by atoms with Crippen LogP contribution in [0.15, 0.2) is 65.8 Å². The number of benzene rings is 1. The molecule has 4 aromatic rings. The summed E-state index contributed by atoms with van der Waals surface area (Å²) in [5.41, 5.74) is 1.68. The number of carbonyl (C=O) groups excluding carboxylic acids is 1. The molecule has 0 aliphatic carbocycles. The molecule has 0 fully saturated rings. The van der Waals surface area contributed by atoms with Gasteiger partial charge in [-0.05, 0) is 24.3 Å². The van der Waals surface area contributed by atoms with E-state index in [-0.39, 0.29) is 17.9 Å². The molecule has 4 rings (SSSR count). The molecule has 0 radical (unpaired) electrons. The lowest BCUT2D eigenvalue weighted by Gasteiger charge is -2.06. The first-order valence-corrected chi connectivity index (χ1v) is 8.43. The van der Waals surface area contributed by atoms with E-state index in [1.54, 1.807) is 29.2 Å². The van der Waals surface area contributed by atoms with Crippen molar-refractivity contribution in [3.8, 4) is 5.69 Å². The van der Waals surface area contributed by atoms with E-state index in [2.05, 4.69) is 25.4 Å². The highest BCUT2D eigenvalue weighted by Crippen LogP contribution is 2.14. The topological polar surface area (TPSA) is 106 Å². The van der Waals surface area contributed by atoms with Gasteiger partial charge in [0.2, 0.25) is 5.91 Å². The third-order valence-corrected chi connectivity index (χ3v) is 4.04. The van der Waals surface area contributed by atoms with Crippen molar-refractivity contribution in [3.63, 3.8) is 0 Å². The van der Waals surface area contributed by atoms with Crippen LogP contribution in [0.5, 0.6) is 0 Å². The van der Waals surface area contributed by atoms with E-state index >= 15 is 0 Å². The Morgan fingerprint density at radius 2 is 1.89 bits per heavy atom. The average Bonchev–Trinajstić information content (AvgIpc) is 3.12. The minimum absolute atomic E-state index is 0.166. The van der Waals surface area contributed by atoms with Crippen molar-refractivity contribution in [2.24, 2.45) is 0 Å². The number of anilines is 1. The summed E-state index contributed by atoms with van der Waals surface area (Å²) in [5, 5.41) is 7.45. The predicted molar refractivity (Wildman–Crippen MR) is 101 cm³/mol. The highest BCUT2D eigenvalue weighted by atomic mass is 16.1. The molecule has 27 heavy (non-hydrogen) atoms. The van der Waals surface area contributed by atoms with Gasteiger partial charge in [-0.15, -0.1) is 0 Å². The van der Waals surface area contributed by atoms with Gasteiger partial charge in [0.25, 0.3) is 5.56 Å². The molecule has 2 N–H and O–H groups in total. The summed E-state index contributed by atoms with van der Waals surface area (Å²) >= 11 is 0. The Hall–Kier alpha value is -3.81. The van der Waals surface area contributed by atoms with E-state index < -0.39 is 0 Å². The molecule has 1 amide bonds. The number of fused-ring (bicyclic) bond motifs is 1. The number of para-hydroxylation sites is 1. The van der Waals surface area contributed by atoms with Gasteiger partial charge in [0, 0.05) is 30.9 Å². The highest BCUT2D eigenvalue weighted by molar-refractivity contribution is 5.90. The zero-order chi connectivity index (χ0) is 18.6. The molecule has 0 atom stereocenters. The molecule has 0 unspecified atom stereocenters. The average molecular weight is 360 g/mol. The first-order chi connectivity index (χ1) is 13.2. The maximum Gasteiger partial charge on any atom is 0.262 e. The Labute approximate surface area is 153 Å². The molecule has 0 saturated carbocycles. The molecule has 0 saturated heterocycles. The summed E-state index contributed by atoms with van der Waals surface area (Å²) in [6.45, 7) is 0. The highest BCUT2D eigenvalue weighted by Gasteiger charge is 2.12. The summed E-state index contributed by atoms with van der Waals surface area (Å²) in [5.74, 6) is 0.274. The van der Waals surface area contributed by atoms with Crippen molar-refractivity contribution in [1.29, 1.82) is 0 Å². The van der Waals surface area contributed by atoms with E-state index in [1.165, 1.54) is 6.20 Å². The Morgan fingerprint density at radius 3 is 2.67 bits per heavy atom. The number of hydrogen-bond donors (Lipinski definition) is 2. The normalized spacial score (nSPS) is 10.8. The number of H-pyrrole nitrogens is 1. The van der Waals surface area contributed by atoms with Crippen molar-refractivity contribution in [1.82, 2.24) is 24.7 Å². The van der Waals surface area contributed by atoms with Gasteiger partial charge in [0.1, 0.15) is 11.2 Å². The smallest absolute Gasteiger partial charge is 0.262 e. The van der Waals surface area contributed by atoms with Crippen LogP contribution in [-0.4, -0.2) is 30.6 Å². The standard InChI is InChI=1S/C19H16N6O2/c26-17(22-13-8-10-20-11-9-13)7-6-16-23-18-15(19(27)24-16)12-21-25(18)14-4-2-1-3-5-14/h1-5,8-12H,6-7H2,(H,20,22,26)(H,23,24,27). The van der Waals surface area contributed by atoms with E-state index in [0.717, 1.165) is 5.69 Å². The van der Waals surface area contributed by atoms with Crippen molar-refractivity contribution in [3.05, 3.63) is 77.2 Å². The summed E-state index contributed by atoms with van der Waals surface area (Å²) < 4.78 is 1.62. The van der Waals surface area contributed by atoms with E-state index in [1.807, 2.05) is 30.3 Å². The van der Waals surface area contributed by atoms with E-state index in [9.17, 15) is 9.59 Å². The third kappa shape index (κ3) is 3.59. The minimum atomic E-state index is -0.272. The number of aryl methyl sites for hydroxylation is 1. The number of amides is 1. The zero-order valence-electron chi connectivity index (χ0n) is 14.3. The first kappa shape index (κ1) is 16.6. The first-order valence-electron chi connectivity index (χ1n) is 8.43. The molecule has 8 nitrogen and oxygen atoms in total. The predicted octanol–water partition coefficient (Wildman–Crippen LogP) is 2.08. The zero-order valence-corrected chi connectivity index (χ0v) is 14.3. The fourth-order valence-electron chi connectivity index (χ4n) is 2.73. The lowest BCUT2D eigenvalue weighted by Crippen LogP contribution is -2.16. The molecule has 0 aliphatic rings. The monoisotopic (exact) mass is 360 g/mol. The SMILES string of the molecule is O=C(CCc1nc2c(cnn2-c2ccccc2)c(=O)[nH]1)Nc1ccncc1. The van der Waals surface area contributed by atoms with Crippen LogP contribution in [0.25, 0.3) is 16.7 Å². The molecule has 8 heteroatoms. The maximum atomic E-state index is 12.3. The van der Waals surface area contributed by atoms with Gasteiger partial charge in [-0.1, -0.05) is 18.2 Å². The number of rotatable bonds is 5. The number of pyridine rings is 1. The molecule has 0 spiro atoms. The quantitative estimate of drug-likeness (QED) is 0.567. The molecule has 134 valence electrons. The molecule has 0 aliphatic heterocycles. The van der Waals surface area contributed by atoms with Crippen molar-refractivity contribution < 1.29 is 4.79 Å². The molecular weight excluding hydrogens is 344 g/mol. The van der Waals surface area contributed by atoms with Crippen LogP contribution < -0.4 is 10.9 Å². The summed E-state index contributed by atoms with van der Waals surface area (Å²) in [7, 11) is 0. The molecular formula is C19H16N6O2. The van der Waals surface area contributed by atoms with Gasteiger partial charge in [-0.3, -0.25) is 14.6 Å². The van der Waals surface area contributed by atoms with E-state index in [0.29, 0.717) is 29.0 Å². The minimum Gasteiger partial charge on any atom is -0.326 e. The Bertz CT molecular complexity index is 1140. The summed E-state index contributed by atoms with van der Waals surface area (Å²) in [6.07, 6.45) is 5.20. The fraction of sp³-hybridized carbons (Fsp3) is 0.105. The van der Waals surface area contributed by atoms with Crippen LogP contribution in [0.1, 0.15) is 12.2 Å². The van der Waals surface area contributed by atoms with Gasteiger partial charge in [0.05, 0.1) is 11.9 Å². The van der Waals surface area contributed by atoms with Crippen LogP contribution in [0.3, 0.4) is 0 Å². The number of carbonyl (C=O) groups is 1. The fourth-order valence-corrected chi connectivity index (χ4v) is 2.73. The van der Waals surface area contributed by atoms with Gasteiger partial charge in [0.15, 0.2) is 5.65 Å². The largest absolute Gasteiger partial charge is 0.326 e. The van der Waals surface area contributed by atoms with E-state index in [4.69, 9.17) is 0 Å².